The van der Waals surface area contributed by atoms with Crippen molar-refractivity contribution in [2.75, 3.05) is 54.5 Å². The van der Waals surface area contributed by atoms with Crippen molar-refractivity contribution in [2.45, 2.75) is 33.0 Å². The first-order valence-electron chi connectivity index (χ1n) is 11.9. The van der Waals surface area contributed by atoms with Crippen LogP contribution in [0.1, 0.15) is 19.4 Å². The molecule has 2 atom stereocenters. The first-order valence-corrected chi connectivity index (χ1v) is 12.3. The van der Waals surface area contributed by atoms with Crippen LogP contribution in [0.4, 0.5) is 29.0 Å². The highest BCUT2D eigenvalue weighted by Crippen LogP contribution is 2.34. The van der Waals surface area contributed by atoms with E-state index in [-0.39, 0.29) is 22.9 Å². The summed E-state index contributed by atoms with van der Waals surface area (Å²) < 4.78 is 11.4. The Morgan fingerprint density at radius 1 is 1.08 bits per heavy atom. The van der Waals surface area contributed by atoms with Crippen LogP contribution >= 0.6 is 11.6 Å². The van der Waals surface area contributed by atoms with Crippen LogP contribution in [0.15, 0.2) is 24.3 Å². The van der Waals surface area contributed by atoms with Crippen molar-refractivity contribution < 1.29 is 14.4 Å². The van der Waals surface area contributed by atoms with Crippen LogP contribution in [0.25, 0.3) is 11.0 Å². The second-order valence-corrected chi connectivity index (χ2v) is 9.59. The number of halogens is 1. The van der Waals surface area contributed by atoms with E-state index < -0.39 is 4.92 Å². The van der Waals surface area contributed by atoms with Gasteiger partial charge >= 0.3 is 0 Å². The van der Waals surface area contributed by atoms with Crippen LogP contribution in [0.5, 0.6) is 0 Å². The van der Waals surface area contributed by atoms with Gasteiger partial charge in [0.2, 0.25) is 5.95 Å². The van der Waals surface area contributed by atoms with Gasteiger partial charge in [-0.15, -0.1) is 0 Å². The number of anilines is 4. The fourth-order valence-corrected chi connectivity index (χ4v) is 4.98. The zero-order valence-corrected chi connectivity index (χ0v) is 21.2. The number of fused-ring (bicyclic) bond motifs is 1. The number of hydrogen-bond donors (Lipinski definition) is 1. The third-order valence-electron chi connectivity index (χ3n) is 6.28. The molecule has 2 aromatic heterocycles. The minimum atomic E-state index is -0.462. The highest BCUT2D eigenvalue weighted by atomic mass is 35.5. The van der Waals surface area contributed by atoms with Gasteiger partial charge in [-0.3, -0.25) is 10.1 Å². The Morgan fingerprint density at radius 2 is 1.81 bits per heavy atom. The number of nitro groups is 1. The Morgan fingerprint density at radius 3 is 2.47 bits per heavy atom. The Labute approximate surface area is 213 Å². The van der Waals surface area contributed by atoms with E-state index in [1.807, 2.05) is 26.0 Å². The molecule has 1 N–H and O–H groups in total. The predicted molar refractivity (Wildman–Crippen MR) is 139 cm³/mol. The van der Waals surface area contributed by atoms with Crippen molar-refractivity contribution in [3.8, 4) is 0 Å². The van der Waals surface area contributed by atoms with Gasteiger partial charge in [0.05, 0.1) is 46.4 Å². The maximum Gasteiger partial charge on any atom is 0.271 e. The van der Waals surface area contributed by atoms with E-state index in [1.54, 1.807) is 6.92 Å². The summed E-state index contributed by atoms with van der Waals surface area (Å²) in [5.41, 5.74) is 1.70. The Hall–Kier alpha value is -3.28. The van der Waals surface area contributed by atoms with Gasteiger partial charge < -0.3 is 24.6 Å². The number of rotatable bonds is 5. The normalized spacial score (nSPS) is 20.6. The monoisotopic (exact) mass is 513 g/mol. The number of non-ortho nitro benzene ring substituents is 1. The molecule has 2 aliphatic heterocycles. The molecule has 0 spiro atoms. The zero-order chi connectivity index (χ0) is 25.4. The lowest BCUT2D eigenvalue weighted by Crippen LogP contribution is -2.46. The van der Waals surface area contributed by atoms with E-state index >= 15 is 0 Å². The van der Waals surface area contributed by atoms with Gasteiger partial charge in [0, 0.05) is 38.3 Å². The molecule has 190 valence electrons. The van der Waals surface area contributed by atoms with E-state index in [9.17, 15) is 10.1 Å². The van der Waals surface area contributed by atoms with E-state index in [0.717, 1.165) is 24.3 Å². The summed E-state index contributed by atoms with van der Waals surface area (Å²) in [7, 11) is 0. The minimum absolute atomic E-state index is 0.0592. The summed E-state index contributed by atoms with van der Waals surface area (Å²) in [6.07, 6.45) is 0.126. The van der Waals surface area contributed by atoms with Crippen LogP contribution in [0.3, 0.4) is 0 Å². The number of hydrogen-bond acceptors (Lipinski definition) is 10. The van der Waals surface area contributed by atoms with Crippen molar-refractivity contribution in [1.29, 1.82) is 0 Å². The van der Waals surface area contributed by atoms with Gasteiger partial charge in [-0.2, -0.15) is 9.97 Å². The minimum Gasteiger partial charge on any atom is -0.378 e. The SMILES string of the molecule is Cc1cc([N+](=O)[O-])cc(Cl)c1Nc1ccc2c(N3CCOCC3)nc(N3CC(C)OC(C)C3)nc2n1. The highest BCUT2D eigenvalue weighted by Gasteiger charge is 2.27. The number of morpholine rings is 2. The number of nitrogens with one attached hydrogen (secondary N) is 1. The molecule has 2 saturated heterocycles. The molecule has 2 fully saturated rings. The fourth-order valence-electron chi connectivity index (χ4n) is 4.67. The first kappa shape index (κ1) is 24.4. The molecule has 36 heavy (non-hydrogen) atoms. The van der Waals surface area contributed by atoms with E-state index in [4.69, 9.17) is 36.0 Å². The van der Waals surface area contributed by atoms with Gasteiger partial charge in [0.1, 0.15) is 11.6 Å². The summed E-state index contributed by atoms with van der Waals surface area (Å²) in [5, 5.41) is 15.5. The summed E-state index contributed by atoms with van der Waals surface area (Å²) in [4.78, 5) is 29.6. The quantitative estimate of drug-likeness (QED) is 0.394. The summed E-state index contributed by atoms with van der Waals surface area (Å²) in [6, 6.07) is 6.59. The lowest BCUT2D eigenvalue weighted by Gasteiger charge is -2.36. The lowest BCUT2D eigenvalue weighted by molar-refractivity contribution is -0.384. The van der Waals surface area contributed by atoms with Gasteiger partial charge in [0.15, 0.2) is 5.65 Å². The molecule has 4 heterocycles. The number of nitro benzene ring substituents is 1. The zero-order valence-electron chi connectivity index (χ0n) is 20.4. The van der Waals surface area contributed by atoms with E-state index in [1.165, 1.54) is 12.1 Å². The van der Waals surface area contributed by atoms with Crippen molar-refractivity contribution in [3.05, 3.63) is 45.0 Å². The van der Waals surface area contributed by atoms with Gasteiger partial charge in [0.25, 0.3) is 5.69 Å². The molecule has 1 aromatic carbocycles. The number of nitrogens with zero attached hydrogens (tertiary/aromatic N) is 6. The maximum atomic E-state index is 11.2. The third-order valence-corrected chi connectivity index (χ3v) is 6.58. The lowest BCUT2D eigenvalue weighted by atomic mass is 10.1. The van der Waals surface area contributed by atoms with Gasteiger partial charge in [-0.05, 0) is 38.5 Å². The fraction of sp³-hybridized carbons (Fsp3) is 0.458. The second kappa shape index (κ2) is 10.00. The Kier molecular flexibility index (Phi) is 6.78. The smallest absolute Gasteiger partial charge is 0.271 e. The summed E-state index contributed by atoms with van der Waals surface area (Å²) in [6.45, 7) is 9.97. The summed E-state index contributed by atoms with van der Waals surface area (Å²) >= 11 is 6.37. The van der Waals surface area contributed by atoms with Gasteiger partial charge in [-0.25, -0.2) is 4.98 Å². The standard InChI is InChI=1S/C24H28ClN7O4/c1-14-10-17(32(33)34)11-19(25)21(14)26-20-5-4-18-22(27-20)28-24(31-12-15(2)36-16(3)13-31)29-23(18)30-6-8-35-9-7-30/h4-5,10-11,15-16H,6-9,12-13H2,1-3H3,(H,26,27,28,29). The molecule has 3 aromatic rings. The number of aromatic nitrogens is 3. The second-order valence-electron chi connectivity index (χ2n) is 9.18. The Balaban J connectivity index is 1.55. The summed E-state index contributed by atoms with van der Waals surface area (Å²) in [5.74, 6) is 1.97. The average Bonchev–Trinajstić information content (AvgIpc) is 2.85. The van der Waals surface area contributed by atoms with Crippen LogP contribution < -0.4 is 15.1 Å². The molecule has 12 heteroatoms. The van der Waals surface area contributed by atoms with Crippen LogP contribution in [-0.4, -0.2) is 71.5 Å². The first-order chi connectivity index (χ1) is 17.3. The molecular formula is C24H28ClN7O4. The van der Waals surface area contributed by atoms with Crippen molar-refractivity contribution in [1.82, 2.24) is 15.0 Å². The molecule has 2 aliphatic rings. The number of benzene rings is 1. The number of aryl methyl sites for hydroxylation is 1. The van der Waals surface area contributed by atoms with E-state index in [0.29, 0.717) is 55.0 Å². The van der Waals surface area contributed by atoms with Crippen molar-refractivity contribution in [3.63, 3.8) is 0 Å². The average molecular weight is 514 g/mol. The molecule has 0 amide bonds. The molecule has 0 saturated carbocycles. The molecule has 0 radical (unpaired) electrons. The largest absolute Gasteiger partial charge is 0.378 e. The van der Waals surface area contributed by atoms with Crippen LogP contribution in [0.2, 0.25) is 5.02 Å². The van der Waals surface area contributed by atoms with E-state index in [2.05, 4.69) is 15.1 Å². The molecular weight excluding hydrogens is 486 g/mol. The maximum absolute atomic E-state index is 11.2. The van der Waals surface area contributed by atoms with Crippen molar-refractivity contribution >= 4 is 51.6 Å². The Bertz CT molecular complexity index is 1270. The van der Waals surface area contributed by atoms with Crippen LogP contribution in [-0.2, 0) is 9.47 Å². The molecule has 0 bridgehead atoms. The molecule has 0 aliphatic carbocycles. The number of ether oxygens (including phenoxy) is 2. The van der Waals surface area contributed by atoms with Gasteiger partial charge in [-0.1, -0.05) is 11.6 Å². The van der Waals surface area contributed by atoms with Crippen molar-refractivity contribution in [2.24, 2.45) is 0 Å². The topological polar surface area (TPSA) is 119 Å². The number of pyridine rings is 1. The molecule has 11 nitrogen and oxygen atoms in total. The highest BCUT2D eigenvalue weighted by molar-refractivity contribution is 6.33. The molecule has 5 rings (SSSR count). The third kappa shape index (κ3) is 4.99. The van der Waals surface area contributed by atoms with Crippen LogP contribution in [0, 0.1) is 17.0 Å². The molecule has 2 unspecified atom stereocenters. The predicted octanol–water partition coefficient (Wildman–Crippen LogP) is 4.09.